The van der Waals surface area contributed by atoms with E-state index in [0.29, 0.717) is 52.0 Å². The molecule has 3 fully saturated rings. The number of fused-ring (bicyclic) bond motifs is 4. The van der Waals surface area contributed by atoms with Crippen LogP contribution in [0.1, 0.15) is 52.0 Å². The summed E-state index contributed by atoms with van der Waals surface area (Å²) in [5, 5.41) is 0.932. The number of hydrogen-bond donors (Lipinski definition) is 2. The number of imidazole rings is 1. The van der Waals surface area contributed by atoms with E-state index in [9.17, 15) is 14.0 Å². The lowest BCUT2D eigenvalue weighted by molar-refractivity contribution is 0.0700. The van der Waals surface area contributed by atoms with Crippen LogP contribution >= 0.6 is 0 Å². The second-order valence-corrected chi connectivity index (χ2v) is 13.2. The van der Waals surface area contributed by atoms with Crippen LogP contribution in [0.4, 0.5) is 4.39 Å². The number of methoxy groups -OCH3 is 1. The summed E-state index contributed by atoms with van der Waals surface area (Å²) in [6.07, 6.45) is 4.30. The Labute approximate surface area is 265 Å². The van der Waals surface area contributed by atoms with E-state index in [4.69, 9.17) is 26.2 Å². The van der Waals surface area contributed by atoms with E-state index < -0.39 is 11.7 Å². The van der Waals surface area contributed by atoms with Crippen molar-refractivity contribution in [2.45, 2.75) is 51.2 Å². The van der Waals surface area contributed by atoms with Crippen LogP contribution < -0.4 is 16.2 Å². The molecule has 0 spiro atoms. The van der Waals surface area contributed by atoms with Crippen LogP contribution in [0, 0.1) is 24.6 Å². The number of aryl methyl sites for hydroxylation is 2. The van der Waals surface area contributed by atoms with Crippen LogP contribution in [0.15, 0.2) is 42.5 Å². The van der Waals surface area contributed by atoms with Crippen LogP contribution in [0.25, 0.3) is 44.8 Å². The molecule has 46 heavy (non-hydrogen) atoms. The van der Waals surface area contributed by atoms with Crippen molar-refractivity contribution in [2.75, 3.05) is 13.7 Å². The first-order valence-corrected chi connectivity index (χ1v) is 15.8. The molecule has 236 valence electrons. The summed E-state index contributed by atoms with van der Waals surface area (Å²) in [5.74, 6) is 0.693. The molecule has 2 saturated carbocycles. The van der Waals surface area contributed by atoms with Gasteiger partial charge in [-0.05, 0) is 92.5 Å². The lowest BCUT2D eigenvalue weighted by atomic mass is 10.0. The normalized spacial score (nSPS) is 20.7. The Morgan fingerprint density at radius 2 is 1.87 bits per heavy atom. The number of amides is 2. The molecule has 2 aliphatic carbocycles. The molecule has 11 heteroatoms. The summed E-state index contributed by atoms with van der Waals surface area (Å²) in [7, 11) is 3.57. The smallest absolute Gasteiger partial charge is 0.254 e. The minimum absolute atomic E-state index is 0.0368. The minimum atomic E-state index is -0.804. The third-order valence-electron chi connectivity index (χ3n) is 10.3. The molecule has 2 unspecified atom stereocenters. The molecule has 8 rings (SSSR count). The van der Waals surface area contributed by atoms with Gasteiger partial charge in [-0.1, -0.05) is 0 Å². The molecule has 2 aromatic carbocycles. The van der Waals surface area contributed by atoms with E-state index >= 15 is 0 Å². The Kier molecular flexibility index (Phi) is 6.47. The second-order valence-electron chi connectivity index (χ2n) is 13.2. The molecule has 5 aromatic rings. The lowest BCUT2D eigenvalue weighted by Gasteiger charge is -2.27. The zero-order valence-electron chi connectivity index (χ0n) is 26.1. The van der Waals surface area contributed by atoms with Gasteiger partial charge in [0.15, 0.2) is 5.82 Å². The van der Waals surface area contributed by atoms with Crippen LogP contribution in [-0.2, 0) is 13.6 Å². The quantitative estimate of drug-likeness (QED) is 0.269. The zero-order chi connectivity index (χ0) is 32.0. The highest BCUT2D eigenvalue weighted by Crippen LogP contribution is 2.40. The fraction of sp³-hybridized carbons (Fsp3) is 0.371. The van der Waals surface area contributed by atoms with Crippen molar-refractivity contribution in [2.24, 2.45) is 30.4 Å². The van der Waals surface area contributed by atoms with Gasteiger partial charge in [0.2, 0.25) is 0 Å². The largest absolute Gasteiger partial charge is 0.494 e. The maximum atomic E-state index is 14.8. The fourth-order valence-corrected chi connectivity index (χ4v) is 7.62. The number of pyridine rings is 1. The molecule has 4 heterocycles. The summed E-state index contributed by atoms with van der Waals surface area (Å²) in [6.45, 7) is 3.28. The number of carbonyl (C=O) groups is 2. The first-order chi connectivity index (χ1) is 22.1. The van der Waals surface area contributed by atoms with Gasteiger partial charge in [0.25, 0.3) is 11.8 Å². The molecule has 2 bridgehead atoms. The van der Waals surface area contributed by atoms with Gasteiger partial charge < -0.3 is 30.2 Å². The van der Waals surface area contributed by atoms with Crippen molar-refractivity contribution in [3.63, 3.8) is 0 Å². The van der Waals surface area contributed by atoms with Gasteiger partial charge in [0.1, 0.15) is 22.7 Å². The Morgan fingerprint density at radius 1 is 1.07 bits per heavy atom. The van der Waals surface area contributed by atoms with Gasteiger partial charge in [-0.25, -0.2) is 14.4 Å². The molecule has 3 aromatic heterocycles. The van der Waals surface area contributed by atoms with Crippen molar-refractivity contribution in [3.8, 4) is 28.5 Å². The van der Waals surface area contributed by atoms with Gasteiger partial charge in [0, 0.05) is 48.7 Å². The molecule has 4 N–H and O–H groups in total. The third-order valence-corrected chi connectivity index (χ3v) is 10.3. The number of rotatable bonds is 7. The summed E-state index contributed by atoms with van der Waals surface area (Å²) in [4.78, 5) is 37.5. The summed E-state index contributed by atoms with van der Waals surface area (Å²) >= 11 is 0. The number of ether oxygens (including phenoxy) is 1. The predicted molar refractivity (Wildman–Crippen MR) is 173 cm³/mol. The fourth-order valence-electron chi connectivity index (χ4n) is 7.62. The Hall–Kier alpha value is -4.77. The number of hydrogen-bond acceptors (Lipinski definition) is 6. The highest BCUT2D eigenvalue weighted by atomic mass is 19.1. The van der Waals surface area contributed by atoms with E-state index in [1.807, 2.05) is 47.7 Å². The van der Waals surface area contributed by atoms with E-state index in [2.05, 4.69) is 10.6 Å². The number of primary amides is 1. The molecule has 10 nitrogen and oxygen atoms in total. The van der Waals surface area contributed by atoms with Gasteiger partial charge in [-0.15, -0.1) is 0 Å². The highest BCUT2D eigenvalue weighted by Gasteiger charge is 2.47. The number of carbonyl (C=O) groups excluding carboxylic acids is 2. The van der Waals surface area contributed by atoms with E-state index in [-0.39, 0.29) is 23.6 Å². The zero-order valence-corrected chi connectivity index (χ0v) is 26.1. The van der Waals surface area contributed by atoms with Gasteiger partial charge >= 0.3 is 0 Å². The lowest BCUT2D eigenvalue weighted by Crippen LogP contribution is -2.41. The molecule has 0 radical (unpaired) electrons. The van der Waals surface area contributed by atoms with Crippen LogP contribution in [0.5, 0.6) is 5.75 Å². The van der Waals surface area contributed by atoms with Crippen molar-refractivity contribution in [3.05, 3.63) is 65.0 Å². The average molecular weight is 622 g/mol. The summed E-state index contributed by atoms with van der Waals surface area (Å²) in [5.41, 5.74) is 17.2. The molecular weight excluding hydrogens is 585 g/mol. The van der Waals surface area contributed by atoms with Crippen molar-refractivity contribution in [1.82, 2.24) is 24.0 Å². The number of aromatic nitrogens is 4. The van der Waals surface area contributed by atoms with Crippen molar-refractivity contribution < 1.29 is 18.7 Å². The molecule has 1 aliphatic heterocycles. The topological polar surface area (TPSA) is 134 Å². The Balaban J connectivity index is 1.24. The van der Waals surface area contributed by atoms with Crippen molar-refractivity contribution >= 4 is 33.9 Å². The Morgan fingerprint density at radius 3 is 2.54 bits per heavy atom. The number of halogens is 1. The third kappa shape index (κ3) is 4.39. The molecule has 3 aliphatic rings. The van der Waals surface area contributed by atoms with Crippen LogP contribution in [-0.4, -0.2) is 61.6 Å². The highest BCUT2D eigenvalue weighted by molar-refractivity contribution is 6.00. The van der Waals surface area contributed by atoms with Crippen LogP contribution in [0.3, 0.4) is 0 Å². The number of nitrogens with zero attached hydrogens (tertiary/aromatic N) is 5. The first kappa shape index (κ1) is 28.7. The molecular formula is C35H36FN7O3. The van der Waals surface area contributed by atoms with Gasteiger partial charge in [-0.2, -0.15) is 0 Å². The molecule has 3 atom stereocenters. The van der Waals surface area contributed by atoms with E-state index in [1.165, 1.54) is 12.1 Å². The Bertz CT molecular complexity index is 2100. The number of likely N-dealkylation sites (tertiary alicyclic amines) is 1. The monoisotopic (exact) mass is 621 g/mol. The standard InChI is InChI=1S/C35H36FN7O3/c1-17-10-23(32(38)44)24(36)14-22(17)25-8-6-19-12-28(42(33(19)39-25)15-18-4-5-18)34-40-26-11-21(13-29(46-3)31(26)41(34)2)35(45)43-16-20-7-9-27(43)30(20)37/h6,8,10-14,18,20,27,30H,4-5,7,9,15-16,37H2,1-3H3,(H2,38,44)/t20?,27?,30-/m1/s1. The second kappa shape index (κ2) is 10.4. The van der Waals surface area contributed by atoms with Gasteiger partial charge in [0.05, 0.1) is 29.6 Å². The average Bonchev–Trinajstić information content (AvgIpc) is 3.45. The summed E-state index contributed by atoms with van der Waals surface area (Å²) in [6, 6.07) is 12.5. The number of piperidine rings is 1. The SMILES string of the molecule is COc1cc(C(=O)N2CC3CCC2[C@@H]3N)cc2nc(-c3cc4ccc(-c5cc(F)c(C(N)=O)cc5C)nc4n3CC3CC3)n(C)c12. The van der Waals surface area contributed by atoms with Gasteiger partial charge in [-0.3, -0.25) is 9.59 Å². The summed E-state index contributed by atoms with van der Waals surface area (Å²) < 4.78 is 24.8. The minimum Gasteiger partial charge on any atom is -0.494 e. The maximum Gasteiger partial charge on any atom is 0.254 e. The first-order valence-electron chi connectivity index (χ1n) is 15.8. The number of nitrogens with two attached hydrogens (primary N) is 2. The van der Waals surface area contributed by atoms with Crippen LogP contribution in [0.2, 0.25) is 0 Å². The maximum absolute atomic E-state index is 14.8. The van der Waals surface area contributed by atoms with E-state index in [0.717, 1.165) is 60.3 Å². The molecule has 2 amide bonds. The van der Waals surface area contributed by atoms with Crippen molar-refractivity contribution in [1.29, 1.82) is 0 Å². The predicted octanol–water partition coefficient (Wildman–Crippen LogP) is 4.78. The van der Waals surface area contributed by atoms with E-state index in [1.54, 1.807) is 7.11 Å². The number of benzene rings is 2. The molecule has 1 saturated heterocycles.